The molecule has 1 amide bonds. The van der Waals surface area contributed by atoms with Gasteiger partial charge in [0.05, 0.1) is 22.7 Å². The zero-order chi connectivity index (χ0) is 20.2. The summed E-state index contributed by atoms with van der Waals surface area (Å²) in [5.41, 5.74) is 0.179. The molecule has 0 saturated heterocycles. The molecule has 0 bridgehead atoms. The number of alkyl halides is 2. The minimum absolute atomic E-state index is 0.0401. The first kappa shape index (κ1) is 18.0. The Kier molecular flexibility index (Phi) is 3.93. The quantitative estimate of drug-likeness (QED) is 0.666. The third-order valence-corrected chi connectivity index (χ3v) is 4.79. The highest BCUT2D eigenvalue weighted by Crippen LogP contribution is 2.43. The fraction of sp³-hybridized carbons (Fsp3) is 0.200. The van der Waals surface area contributed by atoms with Crippen molar-refractivity contribution < 1.29 is 22.4 Å². The van der Waals surface area contributed by atoms with Gasteiger partial charge >= 0.3 is 0 Å². The SMILES string of the molecule is CC(F)(F)c1c2n(c3c(-c4ccc(F)c(F)c4)cc(C#N)cc13)CCNC2=O. The van der Waals surface area contributed by atoms with E-state index in [2.05, 4.69) is 5.32 Å². The van der Waals surface area contributed by atoms with E-state index in [4.69, 9.17) is 0 Å². The third-order valence-electron chi connectivity index (χ3n) is 4.79. The van der Waals surface area contributed by atoms with Crippen LogP contribution in [0.2, 0.25) is 0 Å². The molecule has 142 valence electrons. The summed E-state index contributed by atoms with van der Waals surface area (Å²) in [4.78, 5) is 12.4. The molecule has 8 heteroatoms. The predicted molar refractivity (Wildman–Crippen MR) is 93.9 cm³/mol. The lowest BCUT2D eigenvalue weighted by Crippen LogP contribution is -2.36. The van der Waals surface area contributed by atoms with Crippen molar-refractivity contribution in [3.63, 3.8) is 0 Å². The van der Waals surface area contributed by atoms with Crippen LogP contribution in [0, 0.1) is 23.0 Å². The number of aromatic nitrogens is 1. The molecule has 0 radical (unpaired) electrons. The topological polar surface area (TPSA) is 57.8 Å². The lowest BCUT2D eigenvalue weighted by molar-refractivity contribution is 0.0175. The predicted octanol–water partition coefficient (Wildman–Crippen LogP) is 4.31. The molecule has 1 aliphatic rings. The van der Waals surface area contributed by atoms with Gasteiger partial charge in [0.2, 0.25) is 0 Å². The lowest BCUT2D eigenvalue weighted by Gasteiger charge is -2.20. The molecule has 3 aromatic rings. The monoisotopic (exact) mass is 387 g/mol. The average molecular weight is 387 g/mol. The second-order valence-electron chi connectivity index (χ2n) is 6.68. The highest BCUT2D eigenvalue weighted by molar-refractivity contribution is 6.07. The van der Waals surface area contributed by atoms with Crippen LogP contribution in [0.25, 0.3) is 22.0 Å². The first-order valence-electron chi connectivity index (χ1n) is 8.44. The van der Waals surface area contributed by atoms with Gasteiger partial charge in [-0.1, -0.05) is 6.07 Å². The maximum Gasteiger partial charge on any atom is 0.273 e. The van der Waals surface area contributed by atoms with Crippen LogP contribution < -0.4 is 5.32 Å². The molecule has 0 fully saturated rings. The van der Waals surface area contributed by atoms with Crippen molar-refractivity contribution >= 4 is 16.8 Å². The largest absolute Gasteiger partial charge is 0.349 e. The highest BCUT2D eigenvalue weighted by Gasteiger charge is 2.38. The summed E-state index contributed by atoms with van der Waals surface area (Å²) >= 11 is 0. The van der Waals surface area contributed by atoms with E-state index in [0.717, 1.165) is 12.1 Å². The first-order valence-corrected chi connectivity index (χ1v) is 8.44. The number of carbonyl (C=O) groups is 1. The number of fused-ring (bicyclic) bond motifs is 3. The first-order chi connectivity index (χ1) is 13.2. The zero-order valence-electron chi connectivity index (χ0n) is 14.6. The maximum absolute atomic E-state index is 14.5. The van der Waals surface area contributed by atoms with Crippen molar-refractivity contribution in [2.24, 2.45) is 0 Å². The van der Waals surface area contributed by atoms with Gasteiger partial charge in [-0.3, -0.25) is 4.79 Å². The number of nitrogens with one attached hydrogen (secondary N) is 1. The number of benzene rings is 2. The van der Waals surface area contributed by atoms with Crippen LogP contribution in [-0.2, 0) is 12.5 Å². The van der Waals surface area contributed by atoms with Gasteiger partial charge in [-0.05, 0) is 29.8 Å². The summed E-state index contributed by atoms with van der Waals surface area (Å²) in [5, 5.41) is 11.9. The standard InChI is InChI=1S/C20H13F4N3O/c1-20(23,24)16-13-7-10(9-25)6-12(11-2-3-14(21)15(22)8-11)17(13)27-5-4-26-19(28)18(16)27/h2-3,6-8H,4-5H2,1H3,(H,26,28). The maximum atomic E-state index is 14.5. The van der Waals surface area contributed by atoms with E-state index in [1.165, 1.54) is 22.8 Å². The summed E-state index contributed by atoms with van der Waals surface area (Å²) in [7, 11) is 0. The van der Waals surface area contributed by atoms with Crippen LogP contribution in [0.15, 0.2) is 30.3 Å². The number of rotatable bonds is 2. The van der Waals surface area contributed by atoms with Crippen molar-refractivity contribution in [2.45, 2.75) is 19.4 Å². The van der Waals surface area contributed by atoms with Gasteiger partial charge in [0.25, 0.3) is 11.8 Å². The number of carbonyl (C=O) groups excluding carboxylic acids is 1. The Balaban J connectivity index is 2.19. The van der Waals surface area contributed by atoms with Crippen LogP contribution in [0.3, 0.4) is 0 Å². The molecule has 28 heavy (non-hydrogen) atoms. The van der Waals surface area contributed by atoms with E-state index in [9.17, 15) is 27.6 Å². The van der Waals surface area contributed by atoms with Gasteiger partial charge in [0, 0.05) is 31.0 Å². The molecule has 4 nitrogen and oxygen atoms in total. The van der Waals surface area contributed by atoms with Crippen molar-refractivity contribution in [1.82, 2.24) is 9.88 Å². The molecule has 0 saturated carbocycles. The van der Waals surface area contributed by atoms with E-state index in [1.807, 2.05) is 6.07 Å². The molecule has 1 N–H and O–H groups in total. The smallest absolute Gasteiger partial charge is 0.273 e. The van der Waals surface area contributed by atoms with Crippen LogP contribution in [0.1, 0.15) is 28.5 Å². The van der Waals surface area contributed by atoms with E-state index in [1.54, 1.807) is 0 Å². The summed E-state index contributed by atoms with van der Waals surface area (Å²) in [6.45, 7) is 1.15. The molecular formula is C20H13F4N3O. The molecule has 4 rings (SSSR count). The van der Waals surface area contributed by atoms with Gasteiger partial charge in [-0.15, -0.1) is 0 Å². The van der Waals surface area contributed by atoms with E-state index in [-0.39, 0.29) is 46.4 Å². The Morgan fingerprint density at radius 2 is 1.93 bits per heavy atom. The number of nitriles is 1. The molecular weight excluding hydrogens is 374 g/mol. The van der Waals surface area contributed by atoms with Crippen LogP contribution in [0.4, 0.5) is 17.6 Å². The second-order valence-corrected chi connectivity index (χ2v) is 6.68. The van der Waals surface area contributed by atoms with Gasteiger partial charge in [0.1, 0.15) is 5.69 Å². The molecule has 0 atom stereocenters. The highest BCUT2D eigenvalue weighted by atomic mass is 19.3. The lowest BCUT2D eigenvalue weighted by atomic mass is 9.97. The van der Waals surface area contributed by atoms with Crippen LogP contribution >= 0.6 is 0 Å². The number of hydrogen-bond acceptors (Lipinski definition) is 2. The molecule has 0 unspecified atom stereocenters. The minimum Gasteiger partial charge on any atom is -0.349 e. The van der Waals surface area contributed by atoms with Gasteiger partial charge < -0.3 is 9.88 Å². The van der Waals surface area contributed by atoms with Gasteiger partial charge in [0.15, 0.2) is 11.6 Å². The van der Waals surface area contributed by atoms with Gasteiger partial charge in [-0.25, -0.2) is 17.6 Å². The Bertz CT molecular complexity index is 1190. The summed E-state index contributed by atoms with van der Waals surface area (Å²) < 4.78 is 57.6. The van der Waals surface area contributed by atoms with E-state index in [0.29, 0.717) is 6.92 Å². The fourth-order valence-electron chi connectivity index (χ4n) is 3.71. The van der Waals surface area contributed by atoms with Crippen molar-refractivity contribution in [1.29, 1.82) is 5.26 Å². The third kappa shape index (κ3) is 2.62. The Hall–Kier alpha value is -3.34. The summed E-state index contributed by atoms with van der Waals surface area (Å²) in [6, 6.07) is 7.80. The average Bonchev–Trinajstić information content (AvgIpc) is 2.99. The van der Waals surface area contributed by atoms with Crippen molar-refractivity contribution in [3.05, 3.63) is 58.8 Å². The van der Waals surface area contributed by atoms with Crippen LogP contribution in [-0.4, -0.2) is 17.0 Å². The van der Waals surface area contributed by atoms with E-state index < -0.39 is 29.0 Å². The molecule has 1 aliphatic heterocycles. The van der Waals surface area contributed by atoms with Crippen LogP contribution in [0.5, 0.6) is 0 Å². The van der Waals surface area contributed by atoms with Gasteiger partial charge in [-0.2, -0.15) is 5.26 Å². The van der Waals surface area contributed by atoms with E-state index >= 15 is 0 Å². The number of amides is 1. The Morgan fingerprint density at radius 3 is 2.57 bits per heavy atom. The normalized spacial score (nSPS) is 13.9. The number of halogens is 4. The zero-order valence-corrected chi connectivity index (χ0v) is 14.6. The molecule has 1 aromatic heterocycles. The number of hydrogen-bond donors (Lipinski definition) is 1. The summed E-state index contributed by atoms with van der Waals surface area (Å²) in [5.74, 6) is -6.15. The summed E-state index contributed by atoms with van der Waals surface area (Å²) in [6.07, 6.45) is 0. The molecule has 0 spiro atoms. The number of nitrogens with zero attached hydrogens (tertiary/aromatic N) is 2. The Morgan fingerprint density at radius 1 is 1.18 bits per heavy atom. The van der Waals surface area contributed by atoms with Crippen molar-refractivity contribution in [2.75, 3.05) is 6.54 Å². The van der Waals surface area contributed by atoms with Crippen molar-refractivity contribution in [3.8, 4) is 17.2 Å². The molecule has 2 aromatic carbocycles. The fourth-order valence-corrected chi connectivity index (χ4v) is 3.71. The Labute approximate surface area is 157 Å². The minimum atomic E-state index is -3.35. The molecule has 0 aliphatic carbocycles. The molecule has 2 heterocycles. The second kappa shape index (κ2) is 6.09.